The van der Waals surface area contributed by atoms with Gasteiger partial charge in [-0.15, -0.1) is 0 Å². The Morgan fingerprint density at radius 1 is 1.35 bits per heavy atom. The van der Waals surface area contributed by atoms with E-state index in [-0.39, 0.29) is 0 Å². The molecule has 0 saturated carbocycles. The van der Waals surface area contributed by atoms with Gasteiger partial charge in [-0.1, -0.05) is 50.0 Å². The number of hydrogen-bond acceptors (Lipinski definition) is 2. The van der Waals surface area contributed by atoms with Gasteiger partial charge in [0, 0.05) is 22.8 Å². The number of anilines is 1. The largest absolute Gasteiger partial charge is 0.389 e. The lowest BCUT2D eigenvalue weighted by Crippen LogP contribution is -2.13. The zero-order valence-electron chi connectivity index (χ0n) is 10.1. The zero-order valence-corrected chi connectivity index (χ0v) is 11.7. The SMILES string of the molecule is CCCCCCNc1cc(Cl)ccc1C(N)=S. The fourth-order valence-corrected chi connectivity index (χ4v) is 2.00. The van der Waals surface area contributed by atoms with Crippen LogP contribution in [-0.4, -0.2) is 11.5 Å². The molecule has 0 saturated heterocycles. The van der Waals surface area contributed by atoms with Crippen molar-refractivity contribution in [2.45, 2.75) is 32.6 Å². The van der Waals surface area contributed by atoms with Crippen molar-refractivity contribution < 1.29 is 0 Å². The molecule has 0 bridgehead atoms. The molecule has 4 heteroatoms. The van der Waals surface area contributed by atoms with Crippen molar-refractivity contribution in [2.75, 3.05) is 11.9 Å². The van der Waals surface area contributed by atoms with Crippen LogP contribution in [0, 0.1) is 0 Å². The van der Waals surface area contributed by atoms with Crippen molar-refractivity contribution in [3.63, 3.8) is 0 Å². The van der Waals surface area contributed by atoms with Crippen LogP contribution in [0.25, 0.3) is 0 Å². The summed E-state index contributed by atoms with van der Waals surface area (Å²) in [5.74, 6) is 0. The Morgan fingerprint density at radius 3 is 2.76 bits per heavy atom. The molecule has 0 fully saturated rings. The summed E-state index contributed by atoms with van der Waals surface area (Å²) < 4.78 is 0. The Balaban J connectivity index is 2.56. The molecule has 1 rings (SSSR count). The first-order chi connectivity index (χ1) is 8.15. The first kappa shape index (κ1) is 14.3. The summed E-state index contributed by atoms with van der Waals surface area (Å²) in [7, 11) is 0. The topological polar surface area (TPSA) is 38.0 Å². The summed E-state index contributed by atoms with van der Waals surface area (Å²) in [6, 6.07) is 5.53. The number of rotatable bonds is 7. The first-order valence-electron chi connectivity index (χ1n) is 5.98. The molecule has 1 aromatic rings. The van der Waals surface area contributed by atoms with Gasteiger partial charge in [-0.3, -0.25) is 0 Å². The van der Waals surface area contributed by atoms with Crippen LogP contribution in [0.5, 0.6) is 0 Å². The van der Waals surface area contributed by atoms with Gasteiger partial charge in [0.05, 0.1) is 0 Å². The molecule has 0 atom stereocenters. The molecule has 2 nitrogen and oxygen atoms in total. The Morgan fingerprint density at radius 2 is 2.12 bits per heavy atom. The van der Waals surface area contributed by atoms with Gasteiger partial charge in [0.15, 0.2) is 0 Å². The van der Waals surface area contributed by atoms with E-state index >= 15 is 0 Å². The third kappa shape index (κ3) is 4.92. The average molecular weight is 271 g/mol. The maximum absolute atomic E-state index is 5.96. The monoisotopic (exact) mass is 270 g/mol. The second-order valence-corrected chi connectivity index (χ2v) is 4.92. The van der Waals surface area contributed by atoms with E-state index < -0.39 is 0 Å². The smallest absolute Gasteiger partial charge is 0.106 e. The highest BCUT2D eigenvalue weighted by Crippen LogP contribution is 2.21. The first-order valence-corrected chi connectivity index (χ1v) is 6.77. The molecule has 0 amide bonds. The van der Waals surface area contributed by atoms with E-state index in [2.05, 4.69) is 12.2 Å². The van der Waals surface area contributed by atoms with Crippen LogP contribution in [0.3, 0.4) is 0 Å². The summed E-state index contributed by atoms with van der Waals surface area (Å²) in [6.45, 7) is 3.13. The number of unbranched alkanes of at least 4 members (excludes halogenated alkanes) is 3. The molecule has 3 N–H and O–H groups in total. The van der Waals surface area contributed by atoms with Gasteiger partial charge in [0.25, 0.3) is 0 Å². The van der Waals surface area contributed by atoms with Gasteiger partial charge in [0.2, 0.25) is 0 Å². The average Bonchev–Trinajstić information content (AvgIpc) is 2.28. The van der Waals surface area contributed by atoms with Crippen LogP contribution in [0.15, 0.2) is 18.2 Å². The van der Waals surface area contributed by atoms with Crippen molar-refractivity contribution >= 4 is 34.5 Å². The second-order valence-electron chi connectivity index (χ2n) is 4.04. The highest BCUT2D eigenvalue weighted by Gasteiger charge is 2.05. The fraction of sp³-hybridized carbons (Fsp3) is 0.462. The van der Waals surface area contributed by atoms with Crippen molar-refractivity contribution in [3.05, 3.63) is 28.8 Å². The van der Waals surface area contributed by atoms with E-state index in [0.717, 1.165) is 24.2 Å². The molecule has 0 aliphatic carbocycles. The molecule has 0 radical (unpaired) electrons. The van der Waals surface area contributed by atoms with Crippen LogP contribution < -0.4 is 11.1 Å². The number of nitrogens with two attached hydrogens (primary N) is 1. The molecule has 17 heavy (non-hydrogen) atoms. The van der Waals surface area contributed by atoms with E-state index in [4.69, 9.17) is 29.6 Å². The Labute approximate surface area is 114 Å². The molecule has 0 aliphatic heterocycles. The van der Waals surface area contributed by atoms with Crippen LogP contribution in [0.2, 0.25) is 5.02 Å². The van der Waals surface area contributed by atoms with Gasteiger partial charge < -0.3 is 11.1 Å². The molecular weight excluding hydrogens is 252 g/mol. The van der Waals surface area contributed by atoms with Crippen LogP contribution >= 0.6 is 23.8 Å². The third-order valence-corrected chi connectivity index (χ3v) is 3.05. The van der Waals surface area contributed by atoms with Gasteiger partial charge in [-0.25, -0.2) is 0 Å². The van der Waals surface area contributed by atoms with Crippen molar-refractivity contribution in [1.82, 2.24) is 0 Å². The minimum atomic E-state index is 0.401. The number of thiocarbonyl (C=S) groups is 1. The summed E-state index contributed by atoms with van der Waals surface area (Å²) in [5, 5.41) is 4.04. The van der Waals surface area contributed by atoms with Crippen LogP contribution in [-0.2, 0) is 0 Å². The molecule has 1 aromatic carbocycles. The quantitative estimate of drug-likeness (QED) is 0.582. The highest BCUT2D eigenvalue weighted by atomic mass is 35.5. The summed E-state index contributed by atoms with van der Waals surface area (Å²) >= 11 is 11.0. The van der Waals surface area contributed by atoms with Crippen molar-refractivity contribution in [1.29, 1.82) is 0 Å². The summed E-state index contributed by atoms with van der Waals surface area (Å²) in [5.41, 5.74) is 7.46. The minimum absolute atomic E-state index is 0.401. The predicted molar refractivity (Wildman–Crippen MR) is 80.0 cm³/mol. The summed E-state index contributed by atoms with van der Waals surface area (Å²) in [6.07, 6.45) is 4.91. The molecule has 0 aliphatic rings. The summed E-state index contributed by atoms with van der Waals surface area (Å²) in [4.78, 5) is 0.401. The normalized spacial score (nSPS) is 10.2. The lowest BCUT2D eigenvalue weighted by molar-refractivity contribution is 0.685. The standard InChI is InChI=1S/C13H19ClN2S/c1-2-3-4-5-8-16-12-9-10(14)6-7-11(12)13(15)17/h6-7,9,16H,2-5,8H2,1H3,(H2,15,17). The zero-order chi connectivity index (χ0) is 12.7. The van der Waals surface area contributed by atoms with E-state index in [0.29, 0.717) is 10.0 Å². The minimum Gasteiger partial charge on any atom is -0.389 e. The van der Waals surface area contributed by atoms with Gasteiger partial charge in [-0.2, -0.15) is 0 Å². The molecule has 0 spiro atoms. The van der Waals surface area contributed by atoms with E-state index in [1.165, 1.54) is 19.3 Å². The Hall–Kier alpha value is -0.800. The number of nitrogens with one attached hydrogen (secondary N) is 1. The Bertz CT molecular complexity index is 380. The third-order valence-electron chi connectivity index (χ3n) is 2.59. The van der Waals surface area contributed by atoms with Crippen LogP contribution in [0.1, 0.15) is 38.2 Å². The molecule has 94 valence electrons. The maximum atomic E-state index is 5.96. The number of halogens is 1. The highest BCUT2D eigenvalue weighted by molar-refractivity contribution is 7.80. The number of benzene rings is 1. The van der Waals surface area contributed by atoms with E-state index in [1.807, 2.05) is 12.1 Å². The Kier molecular flexibility index (Phi) is 6.30. The van der Waals surface area contributed by atoms with Gasteiger partial charge >= 0.3 is 0 Å². The molecule has 0 heterocycles. The molecular formula is C13H19ClN2S. The van der Waals surface area contributed by atoms with E-state index in [9.17, 15) is 0 Å². The van der Waals surface area contributed by atoms with Crippen LogP contribution in [0.4, 0.5) is 5.69 Å². The molecule has 0 unspecified atom stereocenters. The van der Waals surface area contributed by atoms with Gasteiger partial charge in [0.1, 0.15) is 4.99 Å². The van der Waals surface area contributed by atoms with E-state index in [1.54, 1.807) is 6.07 Å². The second kappa shape index (κ2) is 7.51. The van der Waals surface area contributed by atoms with Crippen molar-refractivity contribution in [2.24, 2.45) is 5.73 Å². The van der Waals surface area contributed by atoms with Gasteiger partial charge in [-0.05, 0) is 24.6 Å². The number of hydrogen-bond donors (Lipinski definition) is 2. The van der Waals surface area contributed by atoms with Crippen molar-refractivity contribution in [3.8, 4) is 0 Å². The maximum Gasteiger partial charge on any atom is 0.106 e. The lowest BCUT2D eigenvalue weighted by Gasteiger charge is -2.11. The molecule has 0 aromatic heterocycles. The lowest BCUT2D eigenvalue weighted by atomic mass is 10.1. The predicted octanol–water partition coefficient (Wildman–Crippen LogP) is 3.97. The fourth-order valence-electron chi connectivity index (χ4n) is 1.65.